The Morgan fingerprint density at radius 2 is 2.10 bits per heavy atom. The van der Waals surface area contributed by atoms with Crippen LogP contribution in [-0.2, 0) is 9.59 Å². The molecule has 0 amide bonds. The molecule has 1 aromatic rings. The molecule has 1 saturated heterocycles. The molecule has 21 heavy (non-hydrogen) atoms. The molecule has 1 fully saturated rings. The summed E-state index contributed by atoms with van der Waals surface area (Å²) in [5, 5.41) is 20.2. The van der Waals surface area contributed by atoms with Crippen molar-refractivity contribution in [2.24, 2.45) is 0 Å². The predicted octanol–water partition coefficient (Wildman–Crippen LogP) is 1.44. The fraction of sp³-hybridized carbons (Fsp3) is 0.500. The van der Waals surface area contributed by atoms with Gasteiger partial charge in [-0.05, 0) is 19.9 Å². The van der Waals surface area contributed by atoms with Gasteiger partial charge in [-0.25, -0.2) is 0 Å². The zero-order valence-corrected chi connectivity index (χ0v) is 12.4. The Balaban J connectivity index is 2.29. The number of para-hydroxylation sites is 1. The largest absolute Gasteiger partial charge is 0.508 e. The molecule has 1 aromatic carbocycles. The van der Waals surface area contributed by atoms with Gasteiger partial charge >= 0.3 is 0 Å². The van der Waals surface area contributed by atoms with Crippen molar-refractivity contribution < 1.29 is 19.8 Å². The van der Waals surface area contributed by atoms with E-state index in [2.05, 4.69) is 0 Å². The standard InChI is InChI=1S/C16H21NO4/c1-11(18)7-8-17-10-16(2,21)15(20)9-13(17)12-5-3-4-6-14(12)19/h3-6,13,19,21H,7-10H2,1-2H3. The number of carbonyl (C=O) groups excluding carboxylic acids is 2. The van der Waals surface area contributed by atoms with E-state index in [-0.39, 0.29) is 36.3 Å². The first-order valence-corrected chi connectivity index (χ1v) is 7.08. The average Bonchev–Trinajstić information content (AvgIpc) is 2.40. The summed E-state index contributed by atoms with van der Waals surface area (Å²) < 4.78 is 0. The second-order valence-corrected chi connectivity index (χ2v) is 5.90. The Bertz CT molecular complexity index is 553. The molecule has 2 rings (SSSR count). The van der Waals surface area contributed by atoms with Crippen LogP contribution in [0.1, 0.15) is 38.3 Å². The second-order valence-electron chi connectivity index (χ2n) is 5.90. The van der Waals surface area contributed by atoms with E-state index < -0.39 is 5.60 Å². The fourth-order valence-electron chi connectivity index (χ4n) is 2.73. The molecule has 114 valence electrons. The minimum atomic E-state index is -1.41. The Labute approximate surface area is 124 Å². The van der Waals surface area contributed by atoms with Gasteiger partial charge in [-0.3, -0.25) is 14.5 Å². The van der Waals surface area contributed by atoms with Crippen LogP contribution in [0.15, 0.2) is 24.3 Å². The van der Waals surface area contributed by atoms with Crippen molar-refractivity contribution in [1.82, 2.24) is 4.90 Å². The van der Waals surface area contributed by atoms with E-state index in [9.17, 15) is 19.8 Å². The van der Waals surface area contributed by atoms with Gasteiger partial charge in [-0.15, -0.1) is 0 Å². The monoisotopic (exact) mass is 291 g/mol. The first-order valence-electron chi connectivity index (χ1n) is 7.08. The lowest BCUT2D eigenvalue weighted by molar-refractivity contribution is -0.146. The van der Waals surface area contributed by atoms with Gasteiger partial charge in [0.2, 0.25) is 0 Å². The normalized spacial score (nSPS) is 26.8. The number of likely N-dealkylation sites (tertiary alicyclic amines) is 1. The predicted molar refractivity (Wildman–Crippen MR) is 78.0 cm³/mol. The topological polar surface area (TPSA) is 77.8 Å². The molecule has 5 nitrogen and oxygen atoms in total. The lowest BCUT2D eigenvalue weighted by Gasteiger charge is -2.41. The van der Waals surface area contributed by atoms with Gasteiger partial charge in [0.1, 0.15) is 17.1 Å². The van der Waals surface area contributed by atoms with Crippen molar-refractivity contribution in [2.75, 3.05) is 13.1 Å². The number of β-amino-alcohol motifs (C(OH)–C–C–N with tert-alkyl or cyclic N) is 1. The highest BCUT2D eigenvalue weighted by Crippen LogP contribution is 2.36. The molecule has 0 saturated carbocycles. The third-order valence-electron chi connectivity index (χ3n) is 3.98. The van der Waals surface area contributed by atoms with Crippen LogP contribution >= 0.6 is 0 Å². The third-order valence-corrected chi connectivity index (χ3v) is 3.98. The number of carbonyl (C=O) groups is 2. The summed E-state index contributed by atoms with van der Waals surface area (Å²) >= 11 is 0. The van der Waals surface area contributed by atoms with E-state index in [0.29, 0.717) is 18.5 Å². The number of benzene rings is 1. The maximum atomic E-state index is 12.1. The Kier molecular flexibility index (Phi) is 4.44. The molecule has 0 spiro atoms. The molecule has 0 aliphatic carbocycles. The van der Waals surface area contributed by atoms with E-state index in [1.54, 1.807) is 24.3 Å². The molecule has 0 bridgehead atoms. The molecule has 5 heteroatoms. The van der Waals surface area contributed by atoms with Crippen LogP contribution in [0, 0.1) is 0 Å². The number of ketones is 2. The summed E-state index contributed by atoms with van der Waals surface area (Å²) in [4.78, 5) is 25.2. The van der Waals surface area contributed by atoms with E-state index >= 15 is 0 Å². The van der Waals surface area contributed by atoms with Crippen LogP contribution in [0.4, 0.5) is 0 Å². The Hall–Kier alpha value is -1.72. The number of hydrogen-bond acceptors (Lipinski definition) is 5. The van der Waals surface area contributed by atoms with Gasteiger partial charge in [-0.2, -0.15) is 0 Å². The molecule has 2 N–H and O–H groups in total. The number of aromatic hydroxyl groups is 1. The summed E-state index contributed by atoms with van der Waals surface area (Å²) in [7, 11) is 0. The second kappa shape index (κ2) is 5.95. The van der Waals surface area contributed by atoms with Crippen LogP contribution in [0.3, 0.4) is 0 Å². The van der Waals surface area contributed by atoms with E-state index in [1.165, 1.54) is 13.8 Å². The van der Waals surface area contributed by atoms with Crippen LogP contribution < -0.4 is 0 Å². The van der Waals surface area contributed by atoms with Gasteiger partial charge in [0.05, 0.1) is 0 Å². The smallest absolute Gasteiger partial charge is 0.167 e. The Morgan fingerprint density at radius 1 is 1.43 bits per heavy atom. The highest BCUT2D eigenvalue weighted by molar-refractivity contribution is 5.88. The lowest BCUT2D eigenvalue weighted by atomic mass is 9.85. The number of piperidine rings is 1. The highest BCUT2D eigenvalue weighted by atomic mass is 16.3. The quantitative estimate of drug-likeness (QED) is 0.877. The number of aliphatic hydroxyl groups is 1. The van der Waals surface area contributed by atoms with Gasteiger partial charge in [0.15, 0.2) is 5.78 Å². The first kappa shape index (κ1) is 15.7. The lowest BCUT2D eigenvalue weighted by Crippen LogP contribution is -2.54. The first-order chi connectivity index (χ1) is 9.81. The highest BCUT2D eigenvalue weighted by Gasteiger charge is 2.42. The van der Waals surface area contributed by atoms with E-state index in [1.807, 2.05) is 4.90 Å². The number of nitrogens with zero attached hydrogens (tertiary/aromatic N) is 1. The molecule has 0 aromatic heterocycles. The maximum absolute atomic E-state index is 12.1. The molecule has 2 unspecified atom stereocenters. The van der Waals surface area contributed by atoms with Gasteiger partial charge in [0, 0.05) is 37.5 Å². The summed E-state index contributed by atoms with van der Waals surface area (Å²) in [6, 6.07) is 6.57. The Morgan fingerprint density at radius 3 is 2.71 bits per heavy atom. The molecule has 1 heterocycles. The summed E-state index contributed by atoms with van der Waals surface area (Å²) in [5.41, 5.74) is -0.748. The van der Waals surface area contributed by atoms with Crippen LogP contribution in [0.5, 0.6) is 5.75 Å². The zero-order valence-electron chi connectivity index (χ0n) is 12.4. The molecule has 0 radical (unpaired) electrons. The number of rotatable bonds is 4. The van der Waals surface area contributed by atoms with Crippen molar-refractivity contribution in [1.29, 1.82) is 0 Å². The van der Waals surface area contributed by atoms with E-state index in [0.717, 1.165) is 0 Å². The van der Waals surface area contributed by atoms with Crippen molar-refractivity contribution in [3.05, 3.63) is 29.8 Å². The maximum Gasteiger partial charge on any atom is 0.167 e. The van der Waals surface area contributed by atoms with Crippen LogP contribution in [0.2, 0.25) is 0 Å². The van der Waals surface area contributed by atoms with E-state index in [4.69, 9.17) is 0 Å². The minimum Gasteiger partial charge on any atom is -0.508 e. The van der Waals surface area contributed by atoms with Crippen molar-refractivity contribution in [2.45, 2.75) is 38.3 Å². The zero-order chi connectivity index (χ0) is 15.6. The van der Waals surface area contributed by atoms with Crippen molar-refractivity contribution in [3.63, 3.8) is 0 Å². The number of Topliss-reactive ketones (excluding diaryl/α,β-unsaturated/α-hetero) is 2. The number of hydrogen-bond donors (Lipinski definition) is 2. The molecular weight excluding hydrogens is 270 g/mol. The number of phenolic OH excluding ortho intramolecular Hbond substituents is 1. The van der Waals surface area contributed by atoms with Crippen molar-refractivity contribution in [3.8, 4) is 5.75 Å². The molecular formula is C16H21NO4. The SMILES string of the molecule is CC(=O)CCN1CC(C)(O)C(=O)CC1c1ccccc1O. The summed E-state index contributed by atoms with van der Waals surface area (Å²) in [6.07, 6.45) is 0.483. The van der Waals surface area contributed by atoms with Gasteiger partial charge in [-0.1, -0.05) is 18.2 Å². The van der Waals surface area contributed by atoms with Crippen LogP contribution in [0.25, 0.3) is 0 Å². The fourth-order valence-corrected chi connectivity index (χ4v) is 2.73. The van der Waals surface area contributed by atoms with Gasteiger partial charge in [0.25, 0.3) is 0 Å². The molecule has 2 atom stereocenters. The van der Waals surface area contributed by atoms with Crippen LogP contribution in [-0.4, -0.2) is 45.4 Å². The molecule has 1 aliphatic rings. The minimum absolute atomic E-state index is 0.0579. The number of phenols is 1. The van der Waals surface area contributed by atoms with Gasteiger partial charge < -0.3 is 10.2 Å². The summed E-state index contributed by atoms with van der Waals surface area (Å²) in [6.45, 7) is 3.63. The molecule has 1 aliphatic heterocycles. The average molecular weight is 291 g/mol. The van der Waals surface area contributed by atoms with Crippen molar-refractivity contribution >= 4 is 11.6 Å². The summed E-state index contributed by atoms with van der Waals surface area (Å²) in [5.74, 6) is -0.0536. The third kappa shape index (κ3) is 3.49.